The molecule has 1 aliphatic rings. The first kappa shape index (κ1) is 33.4. The minimum Gasteiger partial charge on any atom is -0.310 e. The first-order valence-corrected chi connectivity index (χ1v) is 20.4. The van der Waals surface area contributed by atoms with Crippen LogP contribution in [0.4, 0.5) is 17.1 Å². The number of rotatable bonds is 6. The molecule has 1 nitrogen and oxygen atoms in total. The average Bonchev–Trinajstić information content (AvgIpc) is 3.31. The zero-order valence-corrected chi connectivity index (χ0v) is 32.3. The maximum atomic E-state index is 2.47. The summed E-state index contributed by atoms with van der Waals surface area (Å²) in [5, 5.41) is 10.0. The fraction of sp³-hybridized carbons (Fsp3) is 0. The molecule has 0 fully saturated rings. The molecular weight excluding hydrogens is 711 g/mol. The summed E-state index contributed by atoms with van der Waals surface area (Å²) >= 11 is 0. The van der Waals surface area contributed by atoms with E-state index in [-0.39, 0.29) is 0 Å². The van der Waals surface area contributed by atoms with E-state index in [1.165, 1.54) is 98.7 Å². The number of benzene rings is 11. The van der Waals surface area contributed by atoms with Crippen molar-refractivity contribution in [3.63, 3.8) is 0 Å². The Hall–Kier alpha value is -7.74. The first-order chi connectivity index (χ1) is 29.3. The Kier molecular flexibility index (Phi) is 7.61. The van der Waals surface area contributed by atoms with Crippen LogP contribution in [-0.2, 0) is 0 Å². The Balaban J connectivity index is 1.10. The zero-order valence-electron chi connectivity index (χ0n) is 32.3. The molecule has 0 radical (unpaired) electrons. The minimum absolute atomic E-state index is 1.11. The Morgan fingerprint density at radius 2 is 0.712 bits per heavy atom. The van der Waals surface area contributed by atoms with Crippen molar-refractivity contribution < 1.29 is 0 Å². The molecular formula is C58H37N. The van der Waals surface area contributed by atoms with Gasteiger partial charge in [0.1, 0.15) is 0 Å². The zero-order chi connectivity index (χ0) is 38.9. The van der Waals surface area contributed by atoms with Gasteiger partial charge in [0, 0.05) is 16.8 Å². The maximum Gasteiger partial charge on any atom is 0.0540 e. The van der Waals surface area contributed by atoms with Crippen molar-refractivity contribution in [2.24, 2.45) is 0 Å². The van der Waals surface area contributed by atoms with E-state index in [9.17, 15) is 0 Å². The molecule has 274 valence electrons. The lowest BCUT2D eigenvalue weighted by molar-refractivity contribution is 1.30. The first-order valence-electron chi connectivity index (χ1n) is 20.4. The number of fused-ring (bicyclic) bond motifs is 9. The van der Waals surface area contributed by atoms with Gasteiger partial charge in [0.2, 0.25) is 0 Å². The van der Waals surface area contributed by atoms with E-state index < -0.39 is 0 Å². The van der Waals surface area contributed by atoms with Crippen molar-refractivity contribution in [2.75, 3.05) is 4.90 Å². The molecule has 0 aromatic heterocycles. The second-order valence-electron chi connectivity index (χ2n) is 15.6. The molecule has 11 aromatic rings. The summed E-state index contributed by atoms with van der Waals surface area (Å²) < 4.78 is 0. The number of anilines is 3. The monoisotopic (exact) mass is 747 g/mol. The molecule has 0 spiro atoms. The highest BCUT2D eigenvalue weighted by molar-refractivity contribution is 6.26. The summed E-state index contributed by atoms with van der Waals surface area (Å²) in [6.07, 6.45) is 0. The van der Waals surface area contributed by atoms with Crippen LogP contribution in [0.2, 0.25) is 0 Å². The third kappa shape index (κ3) is 5.33. The standard InChI is InChI=1S/C58H37N/c1-4-15-38(16-5-1)39-29-31-45(32-30-39)59(46-33-34-48-44(35-46)28-27-40-17-10-11-23-47(40)48)54-26-14-22-43-36-52-53(37-51(43)54)58-56(42-20-8-3-9-21-42)50-25-13-12-24-49(50)55(57(52)58)41-18-6-2-7-19-41/h1-37H. The largest absolute Gasteiger partial charge is 0.310 e. The summed E-state index contributed by atoms with van der Waals surface area (Å²) in [5.74, 6) is 0. The molecule has 0 saturated carbocycles. The highest BCUT2D eigenvalue weighted by Gasteiger charge is 2.33. The smallest absolute Gasteiger partial charge is 0.0540 e. The second kappa shape index (κ2) is 13.4. The molecule has 0 unspecified atom stereocenters. The molecule has 0 N–H and O–H groups in total. The van der Waals surface area contributed by atoms with E-state index in [0.717, 1.165) is 17.1 Å². The Labute approximate surface area is 343 Å². The van der Waals surface area contributed by atoms with Gasteiger partial charge in [-0.3, -0.25) is 0 Å². The van der Waals surface area contributed by atoms with Crippen LogP contribution in [0.15, 0.2) is 224 Å². The predicted molar refractivity (Wildman–Crippen MR) is 252 cm³/mol. The van der Waals surface area contributed by atoms with Crippen molar-refractivity contribution in [2.45, 2.75) is 0 Å². The van der Waals surface area contributed by atoms with Crippen molar-refractivity contribution in [3.05, 3.63) is 224 Å². The minimum atomic E-state index is 1.11. The third-order valence-electron chi connectivity index (χ3n) is 12.3. The molecule has 12 rings (SSSR count). The number of nitrogens with zero attached hydrogens (tertiary/aromatic N) is 1. The molecule has 0 aliphatic heterocycles. The van der Waals surface area contributed by atoms with Crippen molar-refractivity contribution in [1.29, 1.82) is 0 Å². The highest BCUT2D eigenvalue weighted by Crippen LogP contribution is 2.60. The predicted octanol–water partition coefficient (Wildman–Crippen LogP) is 16.4. The molecule has 1 heteroatoms. The summed E-state index contributed by atoms with van der Waals surface area (Å²) in [7, 11) is 0. The van der Waals surface area contributed by atoms with E-state index in [2.05, 4.69) is 229 Å². The van der Waals surface area contributed by atoms with Gasteiger partial charge in [0.05, 0.1) is 5.69 Å². The Morgan fingerprint density at radius 3 is 1.37 bits per heavy atom. The van der Waals surface area contributed by atoms with Crippen molar-refractivity contribution >= 4 is 60.2 Å². The summed E-state index contributed by atoms with van der Waals surface area (Å²) in [5.41, 5.74) is 16.2. The van der Waals surface area contributed by atoms with Gasteiger partial charge in [-0.05, 0) is 136 Å². The second-order valence-corrected chi connectivity index (χ2v) is 15.6. The van der Waals surface area contributed by atoms with Crippen LogP contribution < -0.4 is 4.90 Å². The van der Waals surface area contributed by atoms with Gasteiger partial charge in [-0.1, -0.05) is 182 Å². The Bertz CT molecular complexity index is 3400. The van der Waals surface area contributed by atoms with Gasteiger partial charge in [0.15, 0.2) is 0 Å². The van der Waals surface area contributed by atoms with Gasteiger partial charge in [-0.15, -0.1) is 0 Å². The topological polar surface area (TPSA) is 3.24 Å². The molecule has 0 atom stereocenters. The lowest BCUT2D eigenvalue weighted by Crippen LogP contribution is -2.11. The third-order valence-corrected chi connectivity index (χ3v) is 12.3. The van der Waals surface area contributed by atoms with Gasteiger partial charge < -0.3 is 4.90 Å². The van der Waals surface area contributed by atoms with Crippen LogP contribution in [0.5, 0.6) is 0 Å². The highest BCUT2D eigenvalue weighted by atomic mass is 15.1. The molecule has 0 amide bonds. The van der Waals surface area contributed by atoms with Crippen LogP contribution in [0, 0.1) is 0 Å². The van der Waals surface area contributed by atoms with Gasteiger partial charge >= 0.3 is 0 Å². The van der Waals surface area contributed by atoms with Crippen LogP contribution in [0.3, 0.4) is 0 Å². The molecule has 0 heterocycles. The fourth-order valence-corrected chi connectivity index (χ4v) is 9.64. The van der Waals surface area contributed by atoms with Gasteiger partial charge in [-0.25, -0.2) is 0 Å². The summed E-state index contributed by atoms with van der Waals surface area (Å²) in [6, 6.07) is 82.4. The molecule has 0 bridgehead atoms. The quantitative estimate of drug-likeness (QED) is 0.153. The molecule has 11 aromatic carbocycles. The average molecular weight is 748 g/mol. The van der Waals surface area contributed by atoms with Crippen LogP contribution >= 0.6 is 0 Å². The van der Waals surface area contributed by atoms with E-state index >= 15 is 0 Å². The molecule has 1 aliphatic carbocycles. The normalized spacial score (nSPS) is 11.7. The van der Waals surface area contributed by atoms with Gasteiger partial charge in [-0.2, -0.15) is 0 Å². The fourth-order valence-electron chi connectivity index (χ4n) is 9.64. The maximum absolute atomic E-state index is 2.47. The van der Waals surface area contributed by atoms with Crippen molar-refractivity contribution in [3.8, 4) is 55.6 Å². The summed E-state index contributed by atoms with van der Waals surface area (Å²) in [4.78, 5) is 2.45. The number of hydrogen-bond donors (Lipinski definition) is 0. The van der Waals surface area contributed by atoms with Crippen LogP contribution in [0.25, 0.3) is 98.7 Å². The van der Waals surface area contributed by atoms with Crippen LogP contribution in [-0.4, -0.2) is 0 Å². The SMILES string of the molecule is c1ccc(-c2ccc(N(c3ccc4c(ccc5ccccc54)c3)c3cccc4cc5c(cc34)-c3c-5c(-c4ccccc4)c4ccccc4c3-c3ccccc3)cc2)cc1. The lowest BCUT2D eigenvalue weighted by Gasteiger charge is -2.33. The van der Waals surface area contributed by atoms with E-state index in [1.807, 2.05) is 0 Å². The van der Waals surface area contributed by atoms with E-state index in [0.29, 0.717) is 0 Å². The molecule has 59 heavy (non-hydrogen) atoms. The summed E-state index contributed by atoms with van der Waals surface area (Å²) in [6.45, 7) is 0. The van der Waals surface area contributed by atoms with Gasteiger partial charge in [0.25, 0.3) is 0 Å². The lowest BCUT2D eigenvalue weighted by atomic mass is 9.70. The van der Waals surface area contributed by atoms with E-state index in [1.54, 1.807) is 0 Å². The van der Waals surface area contributed by atoms with E-state index in [4.69, 9.17) is 0 Å². The van der Waals surface area contributed by atoms with Crippen LogP contribution in [0.1, 0.15) is 0 Å². The van der Waals surface area contributed by atoms with Crippen molar-refractivity contribution in [1.82, 2.24) is 0 Å². The molecule has 0 saturated heterocycles. The number of hydrogen-bond acceptors (Lipinski definition) is 1. The Morgan fingerprint density at radius 1 is 0.237 bits per heavy atom.